The molecule has 8 amide bonds. The number of nitrogens with one attached hydrogen (secondary N) is 5. The lowest BCUT2D eigenvalue weighted by atomic mass is 9.86. The average Bonchev–Trinajstić information content (AvgIpc) is 1.62. The van der Waals surface area contributed by atoms with E-state index >= 15 is 0 Å². The van der Waals surface area contributed by atoms with E-state index in [9.17, 15) is 74.1 Å². The molecular formula is C65H88N12O16S. The number of β-amino-alcohol motifs (C(OH)–C–C–N with tert-alkyl or cyclic N) is 1. The fourth-order valence-electron chi connectivity index (χ4n) is 13.0. The quantitative estimate of drug-likeness (QED) is 0.0531. The molecule has 510 valence electrons. The number of phenols is 1. The number of nitrogens with zero attached hydrogens (tertiary/aromatic N) is 5. The third kappa shape index (κ3) is 17.1. The van der Waals surface area contributed by atoms with Crippen molar-refractivity contribution in [2.45, 2.75) is 157 Å². The van der Waals surface area contributed by atoms with Crippen molar-refractivity contribution in [1.82, 2.24) is 46.3 Å². The molecule has 1 aromatic heterocycles. The van der Waals surface area contributed by atoms with Gasteiger partial charge < -0.3 is 93.2 Å². The van der Waals surface area contributed by atoms with Crippen LogP contribution in [0, 0.1) is 11.8 Å². The number of nitrogens with two attached hydrogens (primary N) is 2. The van der Waals surface area contributed by atoms with Gasteiger partial charge in [-0.3, -0.25) is 43.3 Å². The van der Waals surface area contributed by atoms with Gasteiger partial charge in [0.05, 0.1) is 54.5 Å². The van der Waals surface area contributed by atoms with Gasteiger partial charge in [0.1, 0.15) is 41.3 Å². The SMILES string of the molecule is CC1CCC(N2CCN(c3ccc(-c4cnc(-c5ccc(C(=O)N[C@H]6C[C@@H](O)CNC(=O)[C@@H]7[C@@H](O)[C@@H](C)CN7C(=O)[C@H]([C@H](O)CC(N)=O)NC(=O)[C@H]([C@H](O)Cc7ccc(O)c(OCCCN)c7)NC(=O)[C@@H]7C[C@@H](O)CN7C(=O)[C@H]([C@@H](C)O)NC6=O)cc5)s4)cc3)CC2)CC1. The Morgan fingerprint density at radius 2 is 1.41 bits per heavy atom. The molecule has 4 aromatic rings. The predicted octanol–water partition coefficient (Wildman–Crippen LogP) is -1.57. The summed E-state index contributed by atoms with van der Waals surface area (Å²) in [5, 5.41) is 92.0. The number of anilines is 1. The minimum atomic E-state index is -2.17. The second-order valence-electron chi connectivity index (χ2n) is 25.6. The van der Waals surface area contributed by atoms with E-state index < -0.39 is 165 Å². The largest absolute Gasteiger partial charge is 0.504 e. The van der Waals surface area contributed by atoms with Gasteiger partial charge in [-0.15, -0.1) is 11.3 Å². The van der Waals surface area contributed by atoms with Crippen LogP contribution < -0.4 is 47.7 Å². The zero-order valence-electron chi connectivity index (χ0n) is 52.9. The highest BCUT2D eigenvalue weighted by molar-refractivity contribution is 7.18. The van der Waals surface area contributed by atoms with Gasteiger partial charge in [0.25, 0.3) is 5.91 Å². The number of ether oxygens (including phenoxy) is 1. The van der Waals surface area contributed by atoms with E-state index in [1.165, 1.54) is 74.3 Å². The second-order valence-corrected chi connectivity index (χ2v) is 26.6. The number of piperazine rings is 1. The molecule has 1 aliphatic carbocycles. The first-order valence-electron chi connectivity index (χ1n) is 32.2. The van der Waals surface area contributed by atoms with Gasteiger partial charge in [0.15, 0.2) is 11.5 Å². The molecule has 28 nitrogen and oxygen atoms in total. The second kappa shape index (κ2) is 31.6. The molecule has 0 bridgehead atoms. The lowest BCUT2D eigenvalue weighted by Gasteiger charge is -2.42. The smallest absolute Gasteiger partial charge is 0.251 e. The summed E-state index contributed by atoms with van der Waals surface area (Å²) in [7, 11) is 0. The van der Waals surface area contributed by atoms with Crippen LogP contribution >= 0.6 is 11.3 Å². The molecule has 13 atom stereocenters. The van der Waals surface area contributed by atoms with Crippen molar-refractivity contribution in [3.63, 3.8) is 0 Å². The Hall–Kier alpha value is -7.87. The molecular weight excluding hydrogens is 1240 g/mol. The number of amides is 8. The molecule has 9 rings (SSSR count). The van der Waals surface area contributed by atoms with E-state index in [1.54, 1.807) is 18.3 Å². The summed E-state index contributed by atoms with van der Waals surface area (Å²) in [4.78, 5) is 126. The number of hydrogen-bond donors (Lipinski definition) is 14. The van der Waals surface area contributed by atoms with Crippen LogP contribution in [0.15, 0.2) is 72.9 Å². The number of carbonyl (C=O) groups is 8. The average molecular weight is 1330 g/mol. The van der Waals surface area contributed by atoms with E-state index in [0.717, 1.165) is 64.9 Å². The van der Waals surface area contributed by atoms with E-state index in [1.807, 2.05) is 0 Å². The van der Waals surface area contributed by atoms with E-state index in [-0.39, 0.29) is 42.3 Å². The van der Waals surface area contributed by atoms with Crippen LogP contribution in [0.25, 0.3) is 21.0 Å². The number of fused-ring (bicyclic) bond motifs is 2. The van der Waals surface area contributed by atoms with E-state index in [2.05, 4.69) is 72.6 Å². The molecule has 94 heavy (non-hydrogen) atoms. The highest BCUT2D eigenvalue weighted by atomic mass is 32.1. The number of hydrogen-bond acceptors (Lipinski definition) is 21. The number of aromatic hydroxyl groups is 1. The predicted molar refractivity (Wildman–Crippen MR) is 344 cm³/mol. The minimum Gasteiger partial charge on any atom is -0.504 e. The summed E-state index contributed by atoms with van der Waals surface area (Å²) in [6.45, 7) is 7.75. The third-order valence-corrected chi connectivity index (χ3v) is 19.6. The molecule has 4 saturated heterocycles. The van der Waals surface area contributed by atoms with Crippen molar-refractivity contribution >= 4 is 64.3 Å². The lowest BCUT2D eigenvalue weighted by molar-refractivity contribution is -0.147. The maximum Gasteiger partial charge on any atom is 0.251 e. The summed E-state index contributed by atoms with van der Waals surface area (Å²) in [6, 6.07) is 7.99. The van der Waals surface area contributed by atoms with Gasteiger partial charge in [0, 0.05) is 100 Å². The topological polar surface area (TPSA) is 425 Å². The summed E-state index contributed by atoms with van der Waals surface area (Å²) in [5.41, 5.74) is 14.2. The molecule has 0 radical (unpaired) electrons. The first kappa shape index (κ1) is 70.4. The summed E-state index contributed by atoms with van der Waals surface area (Å²) in [5.74, 6) is -9.41. The Bertz CT molecular complexity index is 3330. The van der Waals surface area contributed by atoms with Crippen LogP contribution in [-0.2, 0) is 40.0 Å². The Morgan fingerprint density at radius 1 is 0.755 bits per heavy atom. The van der Waals surface area contributed by atoms with Crippen LogP contribution in [-0.4, -0.2) is 241 Å². The Morgan fingerprint density at radius 3 is 2.09 bits per heavy atom. The highest BCUT2D eigenvalue weighted by Gasteiger charge is 2.50. The third-order valence-electron chi connectivity index (χ3n) is 18.5. The Balaban J connectivity index is 0.955. The van der Waals surface area contributed by atoms with Crippen LogP contribution in [0.4, 0.5) is 5.69 Å². The number of phenolic OH excluding ortho intramolecular Hbond substituents is 1. The summed E-state index contributed by atoms with van der Waals surface area (Å²) in [6.07, 6.45) is -5.83. The van der Waals surface area contributed by atoms with Crippen molar-refractivity contribution in [3.8, 4) is 32.5 Å². The minimum absolute atomic E-state index is 0.0244. The van der Waals surface area contributed by atoms with Gasteiger partial charge in [-0.05, 0) is 99.0 Å². The number of aliphatic hydroxyl groups excluding tert-OH is 6. The van der Waals surface area contributed by atoms with Crippen molar-refractivity contribution in [2.75, 3.05) is 63.9 Å². The van der Waals surface area contributed by atoms with Gasteiger partial charge in [-0.2, -0.15) is 0 Å². The fourth-order valence-corrected chi connectivity index (χ4v) is 13.9. The number of rotatable bonds is 17. The summed E-state index contributed by atoms with van der Waals surface area (Å²) >= 11 is 1.46. The highest BCUT2D eigenvalue weighted by Crippen LogP contribution is 2.35. The molecule has 5 aliphatic rings. The number of benzene rings is 3. The van der Waals surface area contributed by atoms with Crippen molar-refractivity contribution < 1.29 is 78.8 Å². The number of aliphatic hydroxyl groups is 6. The zero-order chi connectivity index (χ0) is 67.7. The van der Waals surface area contributed by atoms with Gasteiger partial charge in [-0.25, -0.2) is 4.98 Å². The summed E-state index contributed by atoms with van der Waals surface area (Å²) < 4.78 is 5.64. The van der Waals surface area contributed by atoms with Gasteiger partial charge >= 0.3 is 0 Å². The first-order valence-corrected chi connectivity index (χ1v) is 33.0. The van der Waals surface area contributed by atoms with E-state index in [0.29, 0.717) is 23.0 Å². The van der Waals surface area contributed by atoms with Crippen LogP contribution in [0.5, 0.6) is 11.5 Å². The zero-order valence-corrected chi connectivity index (χ0v) is 53.7. The molecule has 5 fully saturated rings. The standard InChI is InChI=1S/C65H88N12O16S/c1-34-5-14-41(15-6-34)74-20-22-75(23-21-74)42-16-12-38(13-17-42)51-31-69-63(94-51)40-10-8-39(9-11-40)58(86)70-45-27-43(79)30-68-62(90)56-57(85)35(2)32-77(56)65(92)55(49(83)29-52(67)84)73-61(89)54(48(82)25-37-7-18-47(81)50(26-37)93-24-4-19-66)72-60(88)46-28-44(80)33-76(46)64(91)53(36(3)78)71-59(45)87/h7-13,16-18,26,31,34-36,41,43-46,48-49,53-57,78-83,85H,4-6,14-15,19-25,27-30,32-33,66H2,1-3H3,(H2,67,84)(H,68,90)(H,70,86)(H,71,87)(H,72,88)(H,73,89)/t34?,35-,36+,41?,43+,44+,45-,46-,48+,49+,53-,54-,55-,56-,57-/m0/s1. The number of carbonyl (C=O) groups excluding carboxylic acids is 8. The maximum atomic E-state index is 14.7. The molecule has 4 aliphatic heterocycles. The number of primary amides is 1. The van der Waals surface area contributed by atoms with E-state index in [4.69, 9.17) is 16.2 Å². The van der Waals surface area contributed by atoms with Crippen LogP contribution in [0.2, 0.25) is 0 Å². The fraction of sp³-hybridized carbons (Fsp3) is 0.554. The monoisotopic (exact) mass is 1320 g/mol. The van der Waals surface area contributed by atoms with Crippen molar-refractivity contribution in [2.24, 2.45) is 23.3 Å². The first-order chi connectivity index (χ1) is 44.9. The van der Waals surface area contributed by atoms with Crippen LogP contribution in [0.1, 0.15) is 88.1 Å². The normalized spacial score (nSPS) is 28.2. The molecule has 3 aromatic carbocycles. The number of aromatic nitrogens is 1. The van der Waals surface area contributed by atoms with Gasteiger partial charge in [0.2, 0.25) is 41.4 Å². The molecule has 5 heterocycles. The number of thiazole rings is 1. The Labute approximate surface area is 548 Å². The molecule has 1 saturated carbocycles. The van der Waals surface area contributed by atoms with Gasteiger partial charge in [-0.1, -0.05) is 44.2 Å². The van der Waals surface area contributed by atoms with Crippen LogP contribution in [0.3, 0.4) is 0 Å². The molecule has 0 unspecified atom stereocenters. The molecule has 16 N–H and O–H groups in total. The maximum absolute atomic E-state index is 14.7. The lowest BCUT2D eigenvalue weighted by Crippen LogP contribution is -2.64. The Kier molecular flexibility index (Phi) is 23.7. The van der Waals surface area contributed by atoms with Crippen molar-refractivity contribution in [1.29, 1.82) is 0 Å². The molecule has 29 heteroatoms. The molecule has 0 spiro atoms. The van der Waals surface area contributed by atoms with Crippen molar-refractivity contribution in [3.05, 3.63) is 84.1 Å².